The van der Waals surface area contributed by atoms with Gasteiger partial charge in [-0.25, -0.2) is 4.39 Å². The number of hydrogen-bond donors (Lipinski definition) is 1. The number of benzene rings is 2. The summed E-state index contributed by atoms with van der Waals surface area (Å²) in [5, 5.41) is 2.66. The van der Waals surface area contributed by atoms with E-state index in [1.54, 1.807) is 19.1 Å². The summed E-state index contributed by atoms with van der Waals surface area (Å²) in [6, 6.07) is 11.8. The fourth-order valence-electron chi connectivity index (χ4n) is 2.85. The van der Waals surface area contributed by atoms with Crippen molar-refractivity contribution in [1.82, 2.24) is 0 Å². The summed E-state index contributed by atoms with van der Waals surface area (Å²) in [6.45, 7) is 1.69. The van der Waals surface area contributed by atoms with Crippen molar-refractivity contribution >= 4 is 11.6 Å². The molecule has 0 saturated carbocycles. The van der Waals surface area contributed by atoms with E-state index in [0.29, 0.717) is 11.4 Å². The summed E-state index contributed by atoms with van der Waals surface area (Å²) < 4.78 is 18.9. The molecular weight excluding hydrogens is 293 g/mol. The molecule has 1 amide bonds. The first-order chi connectivity index (χ1) is 11.1. The maximum absolute atomic E-state index is 13.1. The molecule has 0 aromatic heterocycles. The number of rotatable bonds is 4. The van der Waals surface area contributed by atoms with Crippen LogP contribution in [0, 0.1) is 5.82 Å². The highest BCUT2D eigenvalue weighted by molar-refractivity contribution is 5.94. The number of fused-ring (bicyclic) bond motifs is 1. The minimum absolute atomic E-state index is 0.298. The van der Waals surface area contributed by atoms with Gasteiger partial charge in [0.1, 0.15) is 11.6 Å². The molecule has 0 fully saturated rings. The van der Waals surface area contributed by atoms with E-state index in [2.05, 4.69) is 11.4 Å². The fraction of sp³-hybridized carbons (Fsp3) is 0.316. The van der Waals surface area contributed by atoms with Crippen LogP contribution < -0.4 is 10.1 Å². The first kappa shape index (κ1) is 15.5. The van der Waals surface area contributed by atoms with Crippen LogP contribution in [0.3, 0.4) is 0 Å². The Balaban J connectivity index is 1.64. The number of halogens is 1. The predicted molar refractivity (Wildman–Crippen MR) is 88.2 cm³/mol. The summed E-state index contributed by atoms with van der Waals surface area (Å²) in [6.07, 6.45) is 3.97. The average Bonchev–Trinajstić information content (AvgIpc) is 2.54. The first-order valence-electron chi connectivity index (χ1n) is 7.97. The van der Waals surface area contributed by atoms with E-state index in [4.69, 9.17) is 4.74 Å². The molecule has 2 aromatic rings. The van der Waals surface area contributed by atoms with Gasteiger partial charge >= 0.3 is 0 Å². The second kappa shape index (κ2) is 6.82. The highest BCUT2D eigenvalue weighted by Gasteiger charge is 2.16. The summed E-state index contributed by atoms with van der Waals surface area (Å²) in [5.74, 6) is 0.0203. The molecule has 1 N–H and O–H groups in total. The van der Waals surface area contributed by atoms with E-state index in [0.717, 1.165) is 12.8 Å². The zero-order chi connectivity index (χ0) is 16.2. The zero-order valence-electron chi connectivity index (χ0n) is 13.1. The van der Waals surface area contributed by atoms with Crippen LogP contribution in [0.1, 0.15) is 30.9 Å². The average molecular weight is 313 g/mol. The molecule has 0 spiro atoms. The third-order valence-corrected chi connectivity index (χ3v) is 4.09. The van der Waals surface area contributed by atoms with Gasteiger partial charge in [0.25, 0.3) is 5.91 Å². The Bertz CT molecular complexity index is 714. The number of anilines is 1. The van der Waals surface area contributed by atoms with E-state index in [1.165, 1.54) is 36.1 Å². The van der Waals surface area contributed by atoms with E-state index in [-0.39, 0.29) is 11.7 Å². The number of amides is 1. The second-order valence-corrected chi connectivity index (χ2v) is 5.90. The minimum atomic E-state index is -0.653. The number of hydrogen-bond acceptors (Lipinski definition) is 2. The van der Waals surface area contributed by atoms with Gasteiger partial charge in [-0.1, -0.05) is 12.1 Å². The number of carbonyl (C=O) groups excluding carboxylic acids is 1. The molecule has 3 rings (SSSR count). The molecule has 0 saturated heterocycles. The van der Waals surface area contributed by atoms with Gasteiger partial charge < -0.3 is 10.1 Å². The topological polar surface area (TPSA) is 38.3 Å². The molecule has 4 heteroatoms. The number of nitrogens with one attached hydrogen (secondary N) is 1. The Morgan fingerprint density at radius 1 is 1.13 bits per heavy atom. The van der Waals surface area contributed by atoms with Crippen molar-refractivity contribution in [3.05, 3.63) is 59.4 Å². The molecule has 23 heavy (non-hydrogen) atoms. The van der Waals surface area contributed by atoms with Gasteiger partial charge in [-0.2, -0.15) is 0 Å². The van der Waals surface area contributed by atoms with Crippen LogP contribution >= 0.6 is 0 Å². The Morgan fingerprint density at radius 3 is 2.70 bits per heavy atom. The minimum Gasteiger partial charge on any atom is -0.481 e. The molecule has 1 aliphatic rings. The second-order valence-electron chi connectivity index (χ2n) is 5.90. The van der Waals surface area contributed by atoms with Crippen molar-refractivity contribution in [1.29, 1.82) is 0 Å². The van der Waals surface area contributed by atoms with Crippen molar-refractivity contribution in [2.75, 3.05) is 5.32 Å². The van der Waals surface area contributed by atoms with E-state index in [1.807, 2.05) is 12.1 Å². The lowest BCUT2D eigenvalue weighted by Gasteiger charge is -2.19. The molecule has 0 bridgehead atoms. The van der Waals surface area contributed by atoms with Gasteiger partial charge in [0.15, 0.2) is 6.10 Å². The van der Waals surface area contributed by atoms with Gasteiger partial charge in [0, 0.05) is 5.69 Å². The van der Waals surface area contributed by atoms with Crippen molar-refractivity contribution in [2.24, 2.45) is 0 Å². The van der Waals surface area contributed by atoms with Gasteiger partial charge in [-0.15, -0.1) is 0 Å². The van der Waals surface area contributed by atoms with E-state index < -0.39 is 6.10 Å². The molecular formula is C19H20FNO2. The van der Waals surface area contributed by atoms with Crippen LogP contribution in [-0.2, 0) is 17.6 Å². The van der Waals surface area contributed by atoms with Crippen molar-refractivity contribution < 1.29 is 13.9 Å². The van der Waals surface area contributed by atoms with Crippen molar-refractivity contribution in [3.63, 3.8) is 0 Å². The van der Waals surface area contributed by atoms with Crippen molar-refractivity contribution in [2.45, 2.75) is 38.7 Å². The van der Waals surface area contributed by atoms with Crippen LogP contribution in [0.25, 0.3) is 0 Å². The summed E-state index contributed by atoms with van der Waals surface area (Å²) in [7, 11) is 0. The molecule has 3 nitrogen and oxygen atoms in total. The highest BCUT2D eigenvalue weighted by atomic mass is 19.1. The number of ether oxygens (including phenoxy) is 1. The maximum atomic E-state index is 13.1. The Kier molecular flexibility index (Phi) is 4.60. The normalized spacial score (nSPS) is 14.7. The highest BCUT2D eigenvalue weighted by Crippen LogP contribution is 2.26. The van der Waals surface area contributed by atoms with E-state index in [9.17, 15) is 9.18 Å². The molecule has 0 heterocycles. The van der Waals surface area contributed by atoms with Gasteiger partial charge in [-0.3, -0.25) is 4.79 Å². The van der Waals surface area contributed by atoms with Crippen LogP contribution in [0.4, 0.5) is 10.1 Å². The summed E-state index contributed by atoms with van der Waals surface area (Å²) >= 11 is 0. The largest absolute Gasteiger partial charge is 0.481 e. The molecule has 1 atom stereocenters. The van der Waals surface area contributed by atoms with Gasteiger partial charge in [0.2, 0.25) is 0 Å². The Hall–Kier alpha value is -2.36. The molecule has 0 aliphatic heterocycles. The third kappa shape index (κ3) is 3.89. The van der Waals surface area contributed by atoms with Gasteiger partial charge in [-0.05, 0) is 74.1 Å². The van der Waals surface area contributed by atoms with Crippen LogP contribution in [0.2, 0.25) is 0 Å². The Morgan fingerprint density at radius 2 is 1.91 bits per heavy atom. The van der Waals surface area contributed by atoms with Crippen LogP contribution in [0.5, 0.6) is 5.75 Å². The number of aryl methyl sites for hydroxylation is 2. The van der Waals surface area contributed by atoms with Crippen LogP contribution in [-0.4, -0.2) is 12.0 Å². The summed E-state index contributed by atoms with van der Waals surface area (Å²) in [5.41, 5.74) is 3.11. The molecule has 0 unspecified atom stereocenters. The van der Waals surface area contributed by atoms with Crippen molar-refractivity contribution in [3.8, 4) is 5.75 Å². The molecule has 2 aromatic carbocycles. The SMILES string of the molecule is C[C@H](Oc1ccc2c(c1)CCCC2)C(=O)Nc1cccc(F)c1. The lowest BCUT2D eigenvalue weighted by Crippen LogP contribution is -2.30. The van der Waals surface area contributed by atoms with E-state index >= 15 is 0 Å². The molecule has 0 radical (unpaired) electrons. The third-order valence-electron chi connectivity index (χ3n) is 4.09. The smallest absolute Gasteiger partial charge is 0.265 e. The first-order valence-corrected chi connectivity index (χ1v) is 7.97. The lowest BCUT2D eigenvalue weighted by atomic mass is 9.92. The predicted octanol–water partition coefficient (Wildman–Crippen LogP) is 4.11. The molecule has 1 aliphatic carbocycles. The standard InChI is InChI=1S/C19H20FNO2/c1-13(19(22)21-17-8-4-7-16(20)12-17)23-18-10-9-14-5-2-3-6-15(14)11-18/h4,7-13H,2-3,5-6H2,1H3,(H,21,22)/t13-/m0/s1. The maximum Gasteiger partial charge on any atom is 0.265 e. The summed E-state index contributed by atoms with van der Waals surface area (Å²) in [4.78, 5) is 12.2. The lowest BCUT2D eigenvalue weighted by molar-refractivity contribution is -0.122. The zero-order valence-corrected chi connectivity index (χ0v) is 13.1. The monoisotopic (exact) mass is 313 g/mol. The quantitative estimate of drug-likeness (QED) is 0.922. The Labute approximate surface area is 135 Å². The van der Waals surface area contributed by atoms with Crippen LogP contribution in [0.15, 0.2) is 42.5 Å². The number of carbonyl (C=O) groups is 1. The van der Waals surface area contributed by atoms with Gasteiger partial charge in [0.05, 0.1) is 0 Å². The molecule has 120 valence electrons. The fourth-order valence-corrected chi connectivity index (χ4v) is 2.85.